The number of aryl methyl sites for hydroxylation is 1. The van der Waals surface area contributed by atoms with Gasteiger partial charge in [-0.25, -0.2) is 0 Å². The molecule has 0 aliphatic carbocycles. The van der Waals surface area contributed by atoms with Crippen LogP contribution in [0, 0.1) is 5.92 Å². The van der Waals surface area contributed by atoms with Crippen molar-refractivity contribution in [2.75, 3.05) is 12.0 Å². The molecular weight excluding hydrogens is 538 g/mol. The topological polar surface area (TPSA) is 158 Å². The minimum atomic E-state index is -0.869. The molecule has 4 atom stereocenters. The van der Waals surface area contributed by atoms with E-state index in [2.05, 4.69) is 31.4 Å². The first kappa shape index (κ1) is 28.8. The average molecular weight is 574 g/mol. The predicted octanol–water partition coefficient (Wildman–Crippen LogP) is 1.66. The van der Waals surface area contributed by atoms with Gasteiger partial charge >= 0.3 is 0 Å². The Kier molecular flexibility index (Phi) is 8.51. The van der Waals surface area contributed by atoms with E-state index in [1.165, 1.54) is 11.1 Å². The minimum Gasteiger partial charge on any atom is -0.497 e. The third-order valence-corrected chi connectivity index (χ3v) is 8.07. The lowest BCUT2D eigenvalue weighted by Gasteiger charge is -2.30. The summed E-state index contributed by atoms with van der Waals surface area (Å²) < 4.78 is 5.16. The van der Waals surface area contributed by atoms with Gasteiger partial charge in [0.2, 0.25) is 17.7 Å². The first-order chi connectivity index (χ1) is 20.3. The molecule has 2 aliphatic heterocycles. The maximum absolute atomic E-state index is 14.0. The van der Waals surface area contributed by atoms with Gasteiger partial charge in [0.1, 0.15) is 29.6 Å². The molecule has 220 valence electrons. The van der Waals surface area contributed by atoms with Gasteiger partial charge in [0.05, 0.1) is 25.5 Å². The standard InChI is InChI=1S/C30H35N7O5/c1-4-17(2)25(34-27(38)19-8-11-22(42-3)12-9-19)29(40)33-23-13-10-18-6-5-7-20-14-24(37(26(18)20)30(23)41)28(39)31-15-21-16-32-36-35-21/h5-9,11-12,16-17,23-25H,4,10,13-15H2,1-3H3,(H,31,39)(H,33,40)(H,34,38)(H,32,35,36)/t17-,23-,24-,25-/m0/s1. The number of nitrogens with one attached hydrogen (secondary N) is 4. The van der Waals surface area contributed by atoms with Crippen LogP contribution in [0.4, 0.5) is 5.69 Å². The number of carbonyl (C=O) groups is 4. The van der Waals surface area contributed by atoms with Crippen molar-refractivity contribution in [2.24, 2.45) is 5.92 Å². The largest absolute Gasteiger partial charge is 0.497 e. The van der Waals surface area contributed by atoms with Crippen LogP contribution in [0.3, 0.4) is 0 Å². The van der Waals surface area contributed by atoms with Gasteiger partial charge in [-0.05, 0) is 54.2 Å². The van der Waals surface area contributed by atoms with Gasteiger partial charge in [0.25, 0.3) is 5.91 Å². The fraction of sp³-hybridized carbons (Fsp3) is 0.400. The molecule has 0 radical (unpaired) electrons. The van der Waals surface area contributed by atoms with Crippen molar-refractivity contribution in [3.8, 4) is 5.75 Å². The molecule has 4 N–H and O–H groups in total. The zero-order valence-corrected chi connectivity index (χ0v) is 23.8. The molecule has 0 bridgehead atoms. The Hall–Kier alpha value is -4.74. The molecule has 0 fully saturated rings. The lowest BCUT2D eigenvalue weighted by Crippen LogP contribution is -2.58. The second kappa shape index (κ2) is 12.4. The molecule has 2 aliphatic rings. The Bertz CT molecular complexity index is 1460. The van der Waals surface area contributed by atoms with Crippen LogP contribution in [-0.4, -0.2) is 64.3 Å². The lowest BCUT2D eigenvalue weighted by atomic mass is 9.96. The minimum absolute atomic E-state index is 0.168. The second-order valence-electron chi connectivity index (χ2n) is 10.7. The molecule has 42 heavy (non-hydrogen) atoms. The first-order valence-corrected chi connectivity index (χ1v) is 14.1. The zero-order chi connectivity index (χ0) is 29.8. The number of nitrogens with zero attached hydrogens (tertiary/aromatic N) is 3. The Morgan fingerprint density at radius 1 is 1.14 bits per heavy atom. The van der Waals surface area contributed by atoms with E-state index in [0.717, 1.165) is 16.8 Å². The number of rotatable bonds is 10. The number of hydrogen-bond donors (Lipinski definition) is 4. The van der Waals surface area contributed by atoms with Crippen LogP contribution in [0.25, 0.3) is 0 Å². The number of methoxy groups -OCH3 is 1. The van der Waals surface area contributed by atoms with E-state index in [1.54, 1.807) is 31.4 Å². The fourth-order valence-corrected chi connectivity index (χ4v) is 5.51. The normalized spacial score (nSPS) is 18.8. The van der Waals surface area contributed by atoms with E-state index in [4.69, 9.17) is 4.74 Å². The molecule has 3 aromatic rings. The molecule has 0 saturated heterocycles. The highest BCUT2D eigenvalue weighted by Gasteiger charge is 2.44. The van der Waals surface area contributed by atoms with E-state index in [1.807, 2.05) is 32.0 Å². The smallest absolute Gasteiger partial charge is 0.251 e. The highest BCUT2D eigenvalue weighted by molar-refractivity contribution is 6.08. The monoisotopic (exact) mass is 573 g/mol. The van der Waals surface area contributed by atoms with Crippen LogP contribution in [0.15, 0.2) is 48.7 Å². The summed E-state index contributed by atoms with van der Waals surface area (Å²) in [7, 11) is 1.54. The Labute approximate surface area is 243 Å². The van der Waals surface area contributed by atoms with Crippen LogP contribution in [0.1, 0.15) is 53.9 Å². The summed E-state index contributed by atoms with van der Waals surface area (Å²) in [6, 6.07) is 9.93. The first-order valence-electron chi connectivity index (χ1n) is 14.1. The molecular formula is C30H35N7O5. The SMILES string of the molecule is CC[C@H](C)[C@H](NC(=O)c1ccc(OC)cc1)C(=O)N[C@H]1CCc2cccc3c2N(C1=O)[C@H](C(=O)NCc1cn[nH]n1)C3. The molecule has 2 aromatic carbocycles. The highest BCUT2D eigenvalue weighted by atomic mass is 16.5. The molecule has 1 aromatic heterocycles. The zero-order valence-electron chi connectivity index (χ0n) is 23.8. The van der Waals surface area contributed by atoms with Crippen molar-refractivity contribution in [3.63, 3.8) is 0 Å². The van der Waals surface area contributed by atoms with Crippen molar-refractivity contribution in [3.05, 3.63) is 71.0 Å². The molecule has 12 nitrogen and oxygen atoms in total. The van der Waals surface area contributed by atoms with E-state index in [0.29, 0.717) is 42.7 Å². The van der Waals surface area contributed by atoms with Crippen LogP contribution < -0.4 is 25.6 Å². The summed E-state index contributed by atoms with van der Waals surface area (Å²) in [6.07, 6.45) is 3.44. The Balaban J connectivity index is 1.33. The van der Waals surface area contributed by atoms with E-state index >= 15 is 0 Å². The number of para-hydroxylation sites is 1. The van der Waals surface area contributed by atoms with Crippen LogP contribution in [0.5, 0.6) is 5.75 Å². The Morgan fingerprint density at radius 3 is 2.60 bits per heavy atom. The summed E-state index contributed by atoms with van der Waals surface area (Å²) in [5, 5.41) is 18.9. The van der Waals surface area contributed by atoms with Gasteiger partial charge in [0, 0.05) is 12.0 Å². The summed E-state index contributed by atoms with van der Waals surface area (Å²) in [6.45, 7) is 3.99. The quantitative estimate of drug-likeness (QED) is 0.287. The van der Waals surface area contributed by atoms with Gasteiger partial charge in [0.15, 0.2) is 0 Å². The van der Waals surface area contributed by atoms with Crippen molar-refractivity contribution >= 4 is 29.3 Å². The second-order valence-corrected chi connectivity index (χ2v) is 10.7. The number of ether oxygens (including phenoxy) is 1. The number of carbonyl (C=O) groups excluding carboxylic acids is 4. The van der Waals surface area contributed by atoms with Crippen LogP contribution >= 0.6 is 0 Å². The van der Waals surface area contributed by atoms with Gasteiger partial charge < -0.3 is 20.7 Å². The van der Waals surface area contributed by atoms with Gasteiger partial charge in [-0.3, -0.25) is 24.1 Å². The molecule has 3 heterocycles. The summed E-state index contributed by atoms with van der Waals surface area (Å²) in [5.74, 6) is -1.08. The summed E-state index contributed by atoms with van der Waals surface area (Å²) >= 11 is 0. The number of benzene rings is 2. The number of anilines is 1. The van der Waals surface area contributed by atoms with Crippen molar-refractivity contribution in [2.45, 2.75) is 64.2 Å². The molecule has 0 spiro atoms. The summed E-state index contributed by atoms with van der Waals surface area (Å²) in [4.78, 5) is 55.6. The van der Waals surface area contributed by atoms with Gasteiger partial charge in [-0.1, -0.05) is 38.5 Å². The van der Waals surface area contributed by atoms with Crippen molar-refractivity contribution < 1.29 is 23.9 Å². The third-order valence-electron chi connectivity index (χ3n) is 8.07. The summed E-state index contributed by atoms with van der Waals surface area (Å²) in [5.41, 5.74) is 3.57. The number of amides is 4. The van der Waals surface area contributed by atoms with E-state index < -0.39 is 29.9 Å². The molecule has 4 amide bonds. The van der Waals surface area contributed by atoms with E-state index in [9.17, 15) is 19.2 Å². The van der Waals surface area contributed by atoms with Crippen molar-refractivity contribution in [1.29, 1.82) is 0 Å². The van der Waals surface area contributed by atoms with Crippen LogP contribution in [-0.2, 0) is 33.8 Å². The maximum Gasteiger partial charge on any atom is 0.251 e. The molecule has 0 saturated carbocycles. The van der Waals surface area contributed by atoms with Crippen LogP contribution in [0.2, 0.25) is 0 Å². The lowest BCUT2D eigenvalue weighted by molar-refractivity contribution is -0.130. The number of hydrogen-bond acceptors (Lipinski definition) is 7. The highest BCUT2D eigenvalue weighted by Crippen LogP contribution is 2.39. The number of H-pyrrole nitrogens is 1. The van der Waals surface area contributed by atoms with E-state index in [-0.39, 0.29) is 24.3 Å². The van der Waals surface area contributed by atoms with Gasteiger partial charge in [-0.15, -0.1) is 0 Å². The Morgan fingerprint density at radius 2 is 1.90 bits per heavy atom. The van der Waals surface area contributed by atoms with Crippen molar-refractivity contribution in [1.82, 2.24) is 31.4 Å². The molecule has 5 rings (SSSR count). The maximum atomic E-state index is 14.0. The third kappa shape index (κ3) is 5.83. The van der Waals surface area contributed by atoms with Gasteiger partial charge in [-0.2, -0.15) is 15.4 Å². The fourth-order valence-electron chi connectivity index (χ4n) is 5.51. The number of aromatic nitrogens is 3. The average Bonchev–Trinajstić information content (AvgIpc) is 3.65. The molecule has 12 heteroatoms. The molecule has 0 unspecified atom stereocenters. The number of aromatic amines is 1. The predicted molar refractivity (Wildman–Crippen MR) is 154 cm³/mol.